The summed E-state index contributed by atoms with van der Waals surface area (Å²) in [7, 11) is 0. The standard InChI is InChI=1S/C18H16F2N6O/c1-2-14(27)25-3-4-26-13(8-25)11(7-24-26)16-15-10(12-5-18(12,19)20)6-21-17(15)23-9-22-16/h2,6-7,9,12H,1,3-5,8H2,(H,21,22,23). The van der Waals surface area contributed by atoms with Crippen LogP contribution in [-0.4, -0.2) is 48.0 Å². The Morgan fingerprint density at radius 3 is 2.93 bits per heavy atom. The molecule has 0 saturated heterocycles. The SMILES string of the molecule is C=CC(=O)N1CCn2ncc(-c3ncnc4[nH]cc(C5CC5(F)F)c34)c2C1. The first kappa shape index (κ1) is 16.1. The van der Waals surface area contributed by atoms with Crippen molar-refractivity contribution in [3.8, 4) is 11.3 Å². The van der Waals surface area contributed by atoms with Crippen LogP contribution in [0.5, 0.6) is 0 Å². The van der Waals surface area contributed by atoms with Crippen LogP contribution in [0, 0.1) is 0 Å². The van der Waals surface area contributed by atoms with Crippen LogP contribution in [0.3, 0.4) is 0 Å². The van der Waals surface area contributed by atoms with E-state index in [9.17, 15) is 13.6 Å². The summed E-state index contributed by atoms with van der Waals surface area (Å²) in [5.41, 5.74) is 3.17. The molecule has 4 heterocycles. The third-order valence-corrected chi connectivity index (χ3v) is 5.31. The van der Waals surface area contributed by atoms with Crippen LogP contribution in [0.25, 0.3) is 22.3 Å². The number of H-pyrrole nitrogens is 1. The van der Waals surface area contributed by atoms with Crippen LogP contribution in [0.15, 0.2) is 31.4 Å². The van der Waals surface area contributed by atoms with Crippen LogP contribution < -0.4 is 0 Å². The molecule has 1 amide bonds. The van der Waals surface area contributed by atoms with E-state index in [1.54, 1.807) is 17.3 Å². The van der Waals surface area contributed by atoms with Gasteiger partial charge >= 0.3 is 0 Å². The molecule has 2 aliphatic rings. The first-order valence-corrected chi connectivity index (χ1v) is 8.66. The van der Waals surface area contributed by atoms with Gasteiger partial charge in [-0.3, -0.25) is 9.48 Å². The molecule has 1 aliphatic carbocycles. The molecular weight excluding hydrogens is 354 g/mol. The monoisotopic (exact) mass is 370 g/mol. The van der Waals surface area contributed by atoms with Gasteiger partial charge in [0.25, 0.3) is 5.92 Å². The summed E-state index contributed by atoms with van der Waals surface area (Å²) in [5, 5.41) is 5.00. The first-order chi connectivity index (χ1) is 13.0. The van der Waals surface area contributed by atoms with E-state index in [4.69, 9.17) is 0 Å². The number of aromatic amines is 1. The van der Waals surface area contributed by atoms with Crippen LogP contribution in [-0.2, 0) is 17.9 Å². The lowest BCUT2D eigenvalue weighted by molar-refractivity contribution is -0.127. The van der Waals surface area contributed by atoms with Gasteiger partial charge in [0.15, 0.2) is 0 Å². The summed E-state index contributed by atoms with van der Waals surface area (Å²) in [6.45, 7) is 5.01. The van der Waals surface area contributed by atoms with Crippen LogP contribution in [0.1, 0.15) is 23.6 Å². The Morgan fingerprint density at radius 2 is 2.19 bits per heavy atom. The maximum atomic E-state index is 13.7. The zero-order chi connectivity index (χ0) is 18.8. The van der Waals surface area contributed by atoms with Crippen molar-refractivity contribution in [1.29, 1.82) is 0 Å². The van der Waals surface area contributed by atoms with E-state index in [0.29, 0.717) is 41.9 Å². The Kier molecular flexibility index (Phi) is 3.25. The molecular formula is C18H16F2N6O. The molecule has 138 valence electrons. The highest BCUT2D eigenvalue weighted by Crippen LogP contribution is 2.57. The number of fused-ring (bicyclic) bond motifs is 2. The molecule has 27 heavy (non-hydrogen) atoms. The maximum absolute atomic E-state index is 13.7. The van der Waals surface area contributed by atoms with Crippen molar-refractivity contribution in [2.24, 2.45) is 0 Å². The van der Waals surface area contributed by atoms with Gasteiger partial charge in [0.05, 0.1) is 36.6 Å². The van der Waals surface area contributed by atoms with Gasteiger partial charge in [0, 0.05) is 30.1 Å². The number of aromatic nitrogens is 5. The average Bonchev–Trinajstić information content (AvgIpc) is 3.05. The van der Waals surface area contributed by atoms with E-state index < -0.39 is 11.8 Å². The molecule has 3 aromatic rings. The lowest BCUT2D eigenvalue weighted by atomic mass is 10.0. The summed E-state index contributed by atoms with van der Waals surface area (Å²) in [6.07, 6.45) is 5.80. The number of hydrogen-bond donors (Lipinski definition) is 1. The number of halogens is 2. The quantitative estimate of drug-likeness (QED) is 0.719. The van der Waals surface area contributed by atoms with E-state index in [-0.39, 0.29) is 12.3 Å². The molecule has 9 heteroatoms. The van der Waals surface area contributed by atoms with Crippen molar-refractivity contribution in [3.63, 3.8) is 0 Å². The second-order valence-electron chi connectivity index (χ2n) is 6.90. The molecule has 1 fully saturated rings. The number of rotatable bonds is 3. The van der Waals surface area contributed by atoms with Crippen molar-refractivity contribution in [1.82, 2.24) is 29.6 Å². The predicted octanol–water partition coefficient (Wildman–Crippen LogP) is 2.47. The maximum Gasteiger partial charge on any atom is 0.256 e. The number of carbonyl (C=O) groups is 1. The topological polar surface area (TPSA) is 79.7 Å². The molecule has 1 unspecified atom stereocenters. The summed E-state index contributed by atoms with van der Waals surface area (Å²) in [6, 6.07) is 0. The zero-order valence-corrected chi connectivity index (χ0v) is 14.3. The minimum atomic E-state index is -2.69. The van der Waals surface area contributed by atoms with Gasteiger partial charge in [-0.2, -0.15) is 5.10 Å². The molecule has 0 spiro atoms. The third-order valence-electron chi connectivity index (χ3n) is 5.31. The van der Waals surface area contributed by atoms with E-state index in [0.717, 1.165) is 11.3 Å². The van der Waals surface area contributed by atoms with E-state index >= 15 is 0 Å². The lowest BCUT2D eigenvalue weighted by Crippen LogP contribution is -2.37. The summed E-state index contributed by atoms with van der Waals surface area (Å²) < 4.78 is 29.2. The van der Waals surface area contributed by atoms with Crippen LogP contribution >= 0.6 is 0 Å². The van der Waals surface area contributed by atoms with E-state index in [2.05, 4.69) is 26.6 Å². The number of carbonyl (C=O) groups excluding carboxylic acids is 1. The zero-order valence-electron chi connectivity index (χ0n) is 14.3. The van der Waals surface area contributed by atoms with Gasteiger partial charge in [-0.25, -0.2) is 18.7 Å². The average molecular weight is 370 g/mol. The van der Waals surface area contributed by atoms with E-state index in [1.165, 1.54) is 12.4 Å². The van der Waals surface area contributed by atoms with Crippen molar-refractivity contribution >= 4 is 16.9 Å². The molecule has 7 nitrogen and oxygen atoms in total. The fraction of sp³-hybridized carbons (Fsp3) is 0.333. The Morgan fingerprint density at radius 1 is 1.37 bits per heavy atom. The number of amides is 1. The van der Waals surface area contributed by atoms with Crippen molar-refractivity contribution in [3.05, 3.63) is 42.6 Å². The lowest BCUT2D eigenvalue weighted by Gasteiger charge is -2.27. The summed E-state index contributed by atoms with van der Waals surface area (Å²) in [4.78, 5) is 25.2. The van der Waals surface area contributed by atoms with Gasteiger partial charge < -0.3 is 9.88 Å². The third kappa shape index (κ3) is 2.37. The number of nitrogens with one attached hydrogen (secondary N) is 1. The van der Waals surface area contributed by atoms with Gasteiger partial charge in [-0.1, -0.05) is 6.58 Å². The fourth-order valence-corrected chi connectivity index (χ4v) is 3.78. The number of alkyl halides is 2. The number of hydrogen-bond acceptors (Lipinski definition) is 4. The minimum Gasteiger partial charge on any atom is -0.346 e. The van der Waals surface area contributed by atoms with Gasteiger partial charge in [-0.05, 0) is 11.6 Å². The summed E-state index contributed by atoms with van der Waals surface area (Å²) >= 11 is 0. The highest BCUT2D eigenvalue weighted by atomic mass is 19.3. The molecule has 1 N–H and O–H groups in total. The molecule has 1 aliphatic heterocycles. The van der Waals surface area contributed by atoms with Gasteiger partial charge in [0.1, 0.15) is 12.0 Å². The normalized spacial score (nSPS) is 20.5. The van der Waals surface area contributed by atoms with E-state index in [1.807, 2.05) is 4.68 Å². The first-order valence-electron chi connectivity index (χ1n) is 8.66. The molecule has 5 rings (SSSR count). The van der Waals surface area contributed by atoms with Gasteiger partial charge in [0.2, 0.25) is 5.91 Å². The smallest absolute Gasteiger partial charge is 0.256 e. The molecule has 1 atom stereocenters. The molecule has 3 aromatic heterocycles. The molecule has 0 aromatic carbocycles. The van der Waals surface area contributed by atoms with Crippen molar-refractivity contribution in [2.45, 2.75) is 31.4 Å². The Balaban J connectivity index is 1.64. The molecule has 1 saturated carbocycles. The largest absolute Gasteiger partial charge is 0.346 e. The minimum absolute atomic E-state index is 0.152. The summed E-state index contributed by atoms with van der Waals surface area (Å²) in [5.74, 6) is -3.66. The predicted molar refractivity (Wildman–Crippen MR) is 93.0 cm³/mol. The highest BCUT2D eigenvalue weighted by molar-refractivity contribution is 5.95. The Labute approximate surface area is 152 Å². The Hall–Kier alpha value is -3.10. The second kappa shape index (κ2) is 5.45. The van der Waals surface area contributed by atoms with Crippen LogP contribution in [0.4, 0.5) is 8.78 Å². The van der Waals surface area contributed by atoms with Crippen molar-refractivity contribution in [2.75, 3.05) is 6.54 Å². The number of nitrogens with zero attached hydrogens (tertiary/aromatic N) is 5. The molecule has 0 radical (unpaired) electrons. The molecule has 0 bridgehead atoms. The second-order valence-corrected chi connectivity index (χ2v) is 6.90. The fourth-order valence-electron chi connectivity index (χ4n) is 3.78. The van der Waals surface area contributed by atoms with Crippen LogP contribution in [0.2, 0.25) is 0 Å². The van der Waals surface area contributed by atoms with Gasteiger partial charge in [-0.15, -0.1) is 0 Å². The highest BCUT2D eigenvalue weighted by Gasteiger charge is 2.58. The van der Waals surface area contributed by atoms with Crippen molar-refractivity contribution < 1.29 is 13.6 Å². The Bertz CT molecular complexity index is 1080.